The summed E-state index contributed by atoms with van der Waals surface area (Å²) in [6, 6.07) is 6.34. The molecule has 0 aliphatic rings. The van der Waals surface area contributed by atoms with Gasteiger partial charge in [-0.3, -0.25) is 4.79 Å². The molecule has 0 N–H and O–H groups in total. The standard InChI is InChI=1S/C17H26O/c1-7-13(6)17(18)15-9-8-14(11(2)3)10-16(15)12(4)5/h8-13H,7H2,1-6H3. The highest BCUT2D eigenvalue weighted by atomic mass is 16.1. The third-order valence-corrected chi connectivity index (χ3v) is 3.69. The average Bonchev–Trinajstić information content (AvgIpc) is 2.35. The molecule has 18 heavy (non-hydrogen) atoms. The van der Waals surface area contributed by atoms with Gasteiger partial charge in [0, 0.05) is 11.5 Å². The molecule has 0 saturated heterocycles. The van der Waals surface area contributed by atoms with E-state index < -0.39 is 0 Å². The highest BCUT2D eigenvalue weighted by Crippen LogP contribution is 2.27. The van der Waals surface area contributed by atoms with E-state index in [9.17, 15) is 4.79 Å². The molecule has 0 spiro atoms. The first-order valence-electron chi connectivity index (χ1n) is 7.06. The molecule has 1 nitrogen and oxygen atoms in total. The van der Waals surface area contributed by atoms with Gasteiger partial charge < -0.3 is 0 Å². The first kappa shape index (κ1) is 14.9. The highest BCUT2D eigenvalue weighted by Gasteiger charge is 2.19. The molecule has 1 atom stereocenters. The van der Waals surface area contributed by atoms with E-state index in [1.54, 1.807) is 0 Å². The zero-order valence-electron chi connectivity index (χ0n) is 12.6. The fourth-order valence-electron chi connectivity index (χ4n) is 2.09. The van der Waals surface area contributed by atoms with Gasteiger partial charge in [-0.15, -0.1) is 0 Å². The minimum Gasteiger partial charge on any atom is -0.294 e. The number of rotatable bonds is 5. The third-order valence-electron chi connectivity index (χ3n) is 3.69. The van der Waals surface area contributed by atoms with Gasteiger partial charge in [0.1, 0.15) is 0 Å². The van der Waals surface area contributed by atoms with E-state index in [-0.39, 0.29) is 11.7 Å². The SMILES string of the molecule is CCC(C)C(=O)c1ccc(C(C)C)cc1C(C)C. The van der Waals surface area contributed by atoms with E-state index in [0.717, 1.165) is 12.0 Å². The van der Waals surface area contributed by atoms with Crippen LogP contribution in [-0.4, -0.2) is 5.78 Å². The predicted octanol–water partition coefficient (Wildman–Crippen LogP) is 5.16. The summed E-state index contributed by atoms with van der Waals surface area (Å²) >= 11 is 0. The Hall–Kier alpha value is -1.11. The van der Waals surface area contributed by atoms with Crippen LogP contribution in [0.15, 0.2) is 18.2 Å². The first-order chi connectivity index (χ1) is 8.38. The van der Waals surface area contributed by atoms with Gasteiger partial charge in [-0.05, 0) is 29.4 Å². The average molecular weight is 246 g/mol. The van der Waals surface area contributed by atoms with Crippen molar-refractivity contribution in [2.45, 2.75) is 59.8 Å². The van der Waals surface area contributed by atoms with Crippen molar-refractivity contribution in [3.63, 3.8) is 0 Å². The number of ketones is 1. The van der Waals surface area contributed by atoms with Crippen molar-refractivity contribution in [3.8, 4) is 0 Å². The Balaban J connectivity index is 3.23. The second-order valence-electron chi connectivity index (χ2n) is 5.83. The van der Waals surface area contributed by atoms with Crippen LogP contribution in [0.3, 0.4) is 0 Å². The lowest BCUT2D eigenvalue weighted by atomic mass is 9.86. The van der Waals surface area contributed by atoms with Crippen LogP contribution in [0.1, 0.15) is 81.3 Å². The van der Waals surface area contributed by atoms with Crippen LogP contribution in [-0.2, 0) is 0 Å². The summed E-state index contributed by atoms with van der Waals surface area (Å²) in [6.07, 6.45) is 0.905. The van der Waals surface area contributed by atoms with E-state index in [4.69, 9.17) is 0 Å². The largest absolute Gasteiger partial charge is 0.294 e. The van der Waals surface area contributed by atoms with Crippen LogP contribution >= 0.6 is 0 Å². The molecule has 1 unspecified atom stereocenters. The molecule has 100 valence electrons. The van der Waals surface area contributed by atoms with E-state index in [1.165, 1.54) is 11.1 Å². The molecule has 1 rings (SSSR count). The van der Waals surface area contributed by atoms with Gasteiger partial charge in [0.2, 0.25) is 0 Å². The molecule has 1 heteroatoms. The van der Waals surface area contributed by atoms with Gasteiger partial charge in [0.25, 0.3) is 0 Å². The minimum absolute atomic E-state index is 0.118. The van der Waals surface area contributed by atoms with Crippen LogP contribution in [0, 0.1) is 5.92 Å². The van der Waals surface area contributed by atoms with Gasteiger partial charge in [-0.2, -0.15) is 0 Å². The van der Waals surface area contributed by atoms with E-state index >= 15 is 0 Å². The maximum Gasteiger partial charge on any atom is 0.165 e. The quantitative estimate of drug-likeness (QED) is 0.656. The van der Waals surface area contributed by atoms with Gasteiger partial charge in [0.05, 0.1) is 0 Å². The Bertz CT molecular complexity index is 416. The molecule has 1 aromatic carbocycles. The Labute approximate surface area is 112 Å². The number of carbonyl (C=O) groups excluding carboxylic acids is 1. The summed E-state index contributed by atoms with van der Waals surface area (Å²) in [6.45, 7) is 12.8. The van der Waals surface area contributed by atoms with Crippen molar-refractivity contribution in [3.05, 3.63) is 34.9 Å². The normalized spacial score (nSPS) is 13.1. The summed E-state index contributed by atoms with van der Waals surface area (Å²) in [4.78, 5) is 12.4. The Morgan fingerprint density at radius 2 is 1.67 bits per heavy atom. The zero-order chi connectivity index (χ0) is 13.9. The van der Waals surface area contributed by atoms with Crippen molar-refractivity contribution in [1.29, 1.82) is 0 Å². The van der Waals surface area contributed by atoms with Crippen LogP contribution in [0.25, 0.3) is 0 Å². The van der Waals surface area contributed by atoms with Crippen LogP contribution < -0.4 is 0 Å². The lowest BCUT2D eigenvalue weighted by molar-refractivity contribution is 0.0926. The molecule has 0 bridgehead atoms. The van der Waals surface area contributed by atoms with Crippen molar-refractivity contribution >= 4 is 5.78 Å². The van der Waals surface area contributed by atoms with Gasteiger partial charge in [-0.1, -0.05) is 59.7 Å². The second kappa shape index (κ2) is 6.17. The fourth-order valence-corrected chi connectivity index (χ4v) is 2.09. The zero-order valence-corrected chi connectivity index (χ0v) is 12.6. The Morgan fingerprint density at radius 3 is 2.11 bits per heavy atom. The first-order valence-corrected chi connectivity index (χ1v) is 7.06. The smallest absolute Gasteiger partial charge is 0.165 e. The van der Waals surface area contributed by atoms with E-state index in [1.807, 2.05) is 13.0 Å². The Morgan fingerprint density at radius 1 is 1.06 bits per heavy atom. The molecule has 0 aliphatic carbocycles. The lowest BCUT2D eigenvalue weighted by Crippen LogP contribution is -2.14. The molecule has 0 fully saturated rings. The van der Waals surface area contributed by atoms with Crippen molar-refractivity contribution < 1.29 is 4.79 Å². The monoisotopic (exact) mass is 246 g/mol. The molecule has 0 amide bonds. The molecular weight excluding hydrogens is 220 g/mol. The summed E-state index contributed by atoms with van der Waals surface area (Å²) in [7, 11) is 0. The molecule has 1 aromatic rings. The fraction of sp³-hybridized carbons (Fsp3) is 0.588. The Kier molecular flexibility index (Phi) is 5.13. The van der Waals surface area contributed by atoms with Gasteiger partial charge in [0.15, 0.2) is 5.78 Å². The predicted molar refractivity (Wildman–Crippen MR) is 78.4 cm³/mol. The molecule has 0 heterocycles. The number of hydrogen-bond acceptors (Lipinski definition) is 1. The van der Waals surface area contributed by atoms with Crippen molar-refractivity contribution in [2.75, 3.05) is 0 Å². The molecular formula is C17H26O. The topological polar surface area (TPSA) is 17.1 Å². The van der Waals surface area contributed by atoms with Crippen LogP contribution in [0.5, 0.6) is 0 Å². The van der Waals surface area contributed by atoms with Crippen molar-refractivity contribution in [2.24, 2.45) is 5.92 Å². The van der Waals surface area contributed by atoms with Crippen molar-refractivity contribution in [1.82, 2.24) is 0 Å². The summed E-state index contributed by atoms with van der Waals surface area (Å²) in [5, 5.41) is 0. The molecule has 0 aromatic heterocycles. The lowest BCUT2D eigenvalue weighted by Gasteiger charge is -2.17. The molecule has 0 aliphatic heterocycles. The number of hydrogen-bond donors (Lipinski definition) is 0. The van der Waals surface area contributed by atoms with Crippen LogP contribution in [0.2, 0.25) is 0 Å². The maximum absolute atomic E-state index is 12.4. The summed E-state index contributed by atoms with van der Waals surface area (Å²) < 4.78 is 0. The summed E-state index contributed by atoms with van der Waals surface area (Å²) in [5.74, 6) is 1.31. The number of benzene rings is 1. The summed E-state index contributed by atoms with van der Waals surface area (Å²) in [5.41, 5.74) is 3.44. The van der Waals surface area contributed by atoms with E-state index in [2.05, 4.69) is 46.8 Å². The molecule has 0 radical (unpaired) electrons. The third kappa shape index (κ3) is 3.22. The van der Waals surface area contributed by atoms with Crippen LogP contribution in [0.4, 0.5) is 0 Å². The molecule has 0 saturated carbocycles. The maximum atomic E-state index is 12.4. The van der Waals surface area contributed by atoms with Gasteiger partial charge in [-0.25, -0.2) is 0 Å². The van der Waals surface area contributed by atoms with E-state index in [0.29, 0.717) is 11.8 Å². The number of carbonyl (C=O) groups is 1. The highest BCUT2D eigenvalue weighted by molar-refractivity contribution is 5.99. The minimum atomic E-state index is 0.118. The van der Waals surface area contributed by atoms with Gasteiger partial charge >= 0.3 is 0 Å². The second-order valence-corrected chi connectivity index (χ2v) is 5.83. The number of Topliss-reactive ketones (excluding diaryl/α,β-unsaturated/α-hetero) is 1.